The monoisotopic (exact) mass is 510 g/mol. The number of pyridine rings is 1. The number of aromatic nitrogens is 1. The predicted octanol–water partition coefficient (Wildman–Crippen LogP) is 3.96. The van der Waals surface area contributed by atoms with Crippen LogP contribution in [0.2, 0.25) is 0 Å². The molecule has 0 spiro atoms. The summed E-state index contributed by atoms with van der Waals surface area (Å²) in [5.41, 5.74) is 2.17. The first-order valence-corrected chi connectivity index (χ1v) is 12.5. The molecular formula is C30H30N4O4. The number of nitrogens with zero attached hydrogens (tertiary/aromatic N) is 4. The van der Waals surface area contributed by atoms with Crippen LogP contribution in [-0.2, 0) is 20.8 Å². The Morgan fingerprint density at radius 1 is 0.974 bits per heavy atom. The van der Waals surface area contributed by atoms with E-state index in [0.29, 0.717) is 23.1 Å². The summed E-state index contributed by atoms with van der Waals surface area (Å²) in [6, 6.07) is 19.7. The van der Waals surface area contributed by atoms with E-state index in [4.69, 9.17) is 0 Å². The lowest BCUT2D eigenvalue weighted by molar-refractivity contribution is -0.165. The number of hydrazine groups is 1. The average molecular weight is 511 g/mol. The number of carbonyl (C=O) groups excluding carboxylic acids is 4. The molecule has 0 bridgehead atoms. The zero-order valence-electron chi connectivity index (χ0n) is 21.6. The van der Waals surface area contributed by atoms with Crippen LogP contribution in [0.1, 0.15) is 42.3 Å². The lowest BCUT2D eigenvalue weighted by Gasteiger charge is -2.46. The van der Waals surface area contributed by atoms with E-state index in [1.54, 1.807) is 30.5 Å². The van der Waals surface area contributed by atoms with Gasteiger partial charge in [-0.15, -0.1) is 0 Å². The first kappa shape index (κ1) is 26.5. The summed E-state index contributed by atoms with van der Waals surface area (Å²) in [5, 5.41) is 2.49. The summed E-state index contributed by atoms with van der Waals surface area (Å²) >= 11 is 0. The molecule has 0 saturated heterocycles. The fraction of sp³-hybridized carbons (Fsp3) is 0.233. The predicted molar refractivity (Wildman–Crippen MR) is 143 cm³/mol. The van der Waals surface area contributed by atoms with Crippen molar-refractivity contribution in [1.82, 2.24) is 19.9 Å². The van der Waals surface area contributed by atoms with Crippen LogP contribution in [0.4, 0.5) is 0 Å². The summed E-state index contributed by atoms with van der Waals surface area (Å²) in [6.07, 6.45) is 5.55. The number of hydrogen-bond donors (Lipinski definition) is 0. The van der Waals surface area contributed by atoms with Crippen LogP contribution < -0.4 is 0 Å². The van der Waals surface area contributed by atoms with Crippen molar-refractivity contribution >= 4 is 29.7 Å². The molecule has 0 radical (unpaired) electrons. The molecule has 8 heteroatoms. The van der Waals surface area contributed by atoms with Crippen LogP contribution in [0.3, 0.4) is 0 Å². The molecule has 8 nitrogen and oxygen atoms in total. The molecule has 0 N–H and O–H groups in total. The standard InChI is InChI=1S/C30H30N4O4/c1-21(2)28-30(38)34(33(22(3)36)26(20-35)18-23-10-6-4-7-11-23)27(24-12-8-5-9-13-24)19-32(28)29(37)25-14-16-31-17-15-25/h4-17,19-21,26,28H,18H2,1-3H3/t26-,28+/m0/s1. The van der Waals surface area contributed by atoms with Crippen LogP contribution >= 0.6 is 0 Å². The smallest absolute Gasteiger partial charge is 0.269 e. The highest BCUT2D eigenvalue weighted by Crippen LogP contribution is 2.33. The van der Waals surface area contributed by atoms with Gasteiger partial charge in [0.2, 0.25) is 5.91 Å². The van der Waals surface area contributed by atoms with Crippen molar-refractivity contribution in [2.24, 2.45) is 5.92 Å². The van der Waals surface area contributed by atoms with Crippen LogP contribution in [0.15, 0.2) is 91.4 Å². The van der Waals surface area contributed by atoms with Crippen molar-refractivity contribution in [2.45, 2.75) is 39.3 Å². The Kier molecular flexibility index (Phi) is 8.11. The Morgan fingerprint density at radius 2 is 1.58 bits per heavy atom. The van der Waals surface area contributed by atoms with Crippen molar-refractivity contribution in [2.75, 3.05) is 0 Å². The quantitative estimate of drug-likeness (QED) is 0.428. The van der Waals surface area contributed by atoms with E-state index >= 15 is 0 Å². The molecule has 0 fully saturated rings. The van der Waals surface area contributed by atoms with E-state index in [2.05, 4.69) is 4.98 Å². The van der Waals surface area contributed by atoms with E-state index in [1.165, 1.54) is 34.2 Å². The van der Waals surface area contributed by atoms with Gasteiger partial charge in [0.15, 0.2) is 0 Å². The lowest BCUT2D eigenvalue weighted by Crippen LogP contribution is -2.62. The highest BCUT2D eigenvalue weighted by atomic mass is 16.2. The van der Waals surface area contributed by atoms with Gasteiger partial charge in [0.1, 0.15) is 18.4 Å². The minimum Gasteiger partial charge on any atom is -0.301 e. The molecule has 1 aliphatic heterocycles. The van der Waals surface area contributed by atoms with Crippen LogP contribution in [0, 0.1) is 5.92 Å². The Morgan fingerprint density at radius 3 is 2.13 bits per heavy atom. The highest BCUT2D eigenvalue weighted by Gasteiger charge is 2.45. The van der Waals surface area contributed by atoms with Crippen LogP contribution in [0.5, 0.6) is 0 Å². The molecule has 0 saturated carbocycles. The van der Waals surface area contributed by atoms with Crippen molar-refractivity contribution in [1.29, 1.82) is 0 Å². The topological polar surface area (TPSA) is 90.9 Å². The van der Waals surface area contributed by atoms with Gasteiger partial charge in [-0.3, -0.25) is 24.3 Å². The van der Waals surface area contributed by atoms with Gasteiger partial charge in [-0.1, -0.05) is 74.5 Å². The van der Waals surface area contributed by atoms with E-state index < -0.39 is 23.9 Å². The van der Waals surface area contributed by atoms with E-state index in [1.807, 2.05) is 62.4 Å². The average Bonchev–Trinajstić information content (AvgIpc) is 2.93. The van der Waals surface area contributed by atoms with Gasteiger partial charge in [0.25, 0.3) is 11.8 Å². The van der Waals surface area contributed by atoms with E-state index in [0.717, 1.165) is 5.56 Å². The zero-order chi connectivity index (χ0) is 27.2. The van der Waals surface area contributed by atoms with Gasteiger partial charge in [-0.25, -0.2) is 10.0 Å². The molecule has 3 amide bonds. The second kappa shape index (κ2) is 11.6. The summed E-state index contributed by atoms with van der Waals surface area (Å²) in [5.74, 6) is -1.59. The van der Waals surface area contributed by atoms with Gasteiger partial charge in [-0.05, 0) is 23.6 Å². The number of hydrogen-bond acceptors (Lipinski definition) is 5. The number of amides is 3. The minimum atomic E-state index is -0.943. The van der Waals surface area contributed by atoms with Gasteiger partial charge in [0, 0.05) is 43.1 Å². The maximum Gasteiger partial charge on any atom is 0.269 e. The molecule has 194 valence electrons. The Hall–Kier alpha value is -4.59. The summed E-state index contributed by atoms with van der Waals surface area (Å²) in [7, 11) is 0. The Balaban J connectivity index is 1.87. The van der Waals surface area contributed by atoms with Gasteiger partial charge < -0.3 is 4.79 Å². The Labute approximate surface area is 222 Å². The fourth-order valence-electron chi connectivity index (χ4n) is 4.66. The molecule has 3 aromatic rings. The SMILES string of the molecule is CC(=O)N([C@H](C=O)Cc1ccccc1)N1C(=O)[C@@H](C(C)C)N(C(=O)c2ccncc2)C=C1c1ccccc1. The first-order chi connectivity index (χ1) is 18.3. The molecule has 1 aliphatic rings. The van der Waals surface area contributed by atoms with E-state index in [9.17, 15) is 19.2 Å². The van der Waals surface area contributed by atoms with Crippen molar-refractivity contribution in [3.8, 4) is 0 Å². The molecule has 2 aromatic carbocycles. The molecule has 2 heterocycles. The molecule has 1 aromatic heterocycles. The molecular weight excluding hydrogens is 480 g/mol. The summed E-state index contributed by atoms with van der Waals surface area (Å²) in [6.45, 7) is 5.01. The number of rotatable bonds is 8. The second-order valence-corrected chi connectivity index (χ2v) is 9.42. The van der Waals surface area contributed by atoms with E-state index in [-0.39, 0.29) is 18.2 Å². The number of benzene rings is 2. The molecule has 0 aliphatic carbocycles. The van der Waals surface area contributed by atoms with Crippen LogP contribution in [-0.4, -0.2) is 56.0 Å². The lowest BCUT2D eigenvalue weighted by atomic mass is 9.96. The maximum atomic E-state index is 14.3. The first-order valence-electron chi connectivity index (χ1n) is 12.5. The second-order valence-electron chi connectivity index (χ2n) is 9.42. The minimum absolute atomic E-state index is 0.224. The molecule has 38 heavy (non-hydrogen) atoms. The van der Waals surface area contributed by atoms with Crippen molar-refractivity contribution < 1.29 is 19.2 Å². The number of carbonyl (C=O) groups is 4. The third kappa shape index (κ3) is 5.39. The maximum absolute atomic E-state index is 14.3. The molecule has 4 rings (SSSR count). The summed E-state index contributed by atoms with van der Waals surface area (Å²) in [4.78, 5) is 58.8. The van der Waals surface area contributed by atoms with Gasteiger partial charge >= 0.3 is 0 Å². The third-order valence-electron chi connectivity index (χ3n) is 6.41. The largest absolute Gasteiger partial charge is 0.301 e. The van der Waals surface area contributed by atoms with Gasteiger partial charge in [-0.2, -0.15) is 0 Å². The Bertz CT molecular complexity index is 1330. The number of aldehydes is 1. The third-order valence-corrected chi connectivity index (χ3v) is 6.41. The normalized spacial score (nSPS) is 16.2. The molecule has 2 atom stereocenters. The fourth-order valence-corrected chi connectivity index (χ4v) is 4.66. The van der Waals surface area contributed by atoms with Gasteiger partial charge in [0.05, 0.1) is 5.70 Å². The zero-order valence-corrected chi connectivity index (χ0v) is 21.6. The summed E-state index contributed by atoms with van der Waals surface area (Å²) < 4.78 is 0. The van der Waals surface area contributed by atoms with Crippen molar-refractivity contribution in [3.05, 3.63) is 108 Å². The van der Waals surface area contributed by atoms with Crippen molar-refractivity contribution in [3.63, 3.8) is 0 Å². The molecule has 0 unspecified atom stereocenters. The highest BCUT2D eigenvalue weighted by molar-refractivity contribution is 6.03. The van der Waals surface area contributed by atoms with Crippen LogP contribution in [0.25, 0.3) is 5.70 Å².